The zero-order valence-corrected chi connectivity index (χ0v) is 17.2. The van der Waals surface area contributed by atoms with E-state index in [-0.39, 0.29) is 17.0 Å². The molecule has 0 fully saturated rings. The number of carbonyl (C=O) groups excluding carboxylic acids is 1. The van der Waals surface area contributed by atoms with Gasteiger partial charge in [-0.25, -0.2) is 9.50 Å². The standard InChI is InChI=1S/C21H19F3N6O/c1-11-5-6-14(7-12(11)2)15-8-18(21(22,23)24)30-19(25-15)9-16(28-30)20(31)26-17-10-29(4)27-13(17)3/h5-10H,1-4H3,(H,26,31). The smallest absolute Gasteiger partial charge is 0.318 e. The summed E-state index contributed by atoms with van der Waals surface area (Å²) in [5, 5.41) is 10.6. The molecule has 4 rings (SSSR count). The van der Waals surface area contributed by atoms with Crippen LogP contribution in [-0.2, 0) is 13.2 Å². The first-order chi connectivity index (χ1) is 14.5. The van der Waals surface area contributed by atoms with Crippen molar-refractivity contribution >= 4 is 17.2 Å². The van der Waals surface area contributed by atoms with Crippen molar-refractivity contribution in [3.8, 4) is 11.3 Å². The molecule has 1 aromatic carbocycles. The van der Waals surface area contributed by atoms with E-state index in [1.807, 2.05) is 19.9 Å². The highest BCUT2D eigenvalue weighted by atomic mass is 19.4. The summed E-state index contributed by atoms with van der Waals surface area (Å²) in [6, 6.07) is 7.51. The normalized spacial score (nSPS) is 11.8. The first-order valence-corrected chi connectivity index (χ1v) is 9.40. The minimum atomic E-state index is -4.69. The molecule has 160 valence electrons. The highest BCUT2D eigenvalue weighted by Gasteiger charge is 2.35. The van der Waals surface area contributed by atoms with E-state index in [0.717, 1.165) is 17.2 Å². The largest absolute Gasteiger partial charge is 0.433 e. The zero-order chi connectivity index (χ0) is 22.5. The molecular weight excluding hydrogens is 409 g/mol. The molecule has 3 aromatic heterocycles. The molecule has 0 spiro atoms. The minimum Gasteiger partial charge on any atom is -0.318 e. The molecule has 0 saturated carbocycles. The lowest BCUT2D eigenvalue weighted by Crippen LogP contribution is -2.16. The van der Waals surface area contributed by atoms with Crippen molar-refractivity contribution in [2.24, 2.45) is 7.05 Å². The van der Waals surface area contributed by atoms with E-state index in [1.54, 1.807) is 32.3 Å². The van der Waals surface area contributed by atoms with Gasteiger partial charge in [0.25, 0.3) is 5.91 Å². The molecule has 3 heterocycles. The van der Waals surface area contributed by atoms with Crippen LogP contribution >= 0.6 is 0 Å². The average molecular weight is 428 g/mol. The highest BCUT2D eigenvalue weighted by Crippen LogP contribution is 2.32. The van der Waals surface area contributed by atoms with E-state index < -0.39 is 17.8 Å². The molecule has 0 atom stereocenters. The van der Waals surface area contributed by atoms with Gasteiger partial charge in [-0.15, -0.1) is 0 Å². The van der Waals surface area contributed by atoms with Crippen LogP contribution in [0.4, 0.5) is 18.9 Å². The summed E-state index contributed by atoms with van der Waals surface area (Å²) in [6.45, 7) is 5.50. The van der Waals surface area contributed by atoms with Crippen LogP contribution in [0.25, 0.3) is 16.9 Å². The van der Waals surface area contributed by atoms with Crippen molar-refractivity contribution in [2.45, 2.75) is 26.9 Å². The number of carbonyl (C=O) groups is 1. The van der Waals surface area contributed by atoms with E-state index in [0.29, 0.717) is 21.5 Å². The van der Waals surface area contributed by atoms with Crippen LogP contribution in [0.1, 0.15) is 33.0 Å². The van der Waals surface area contributed by atoms with Gasteiger partial charge < -0.3 is 5.32 Å². The Hall–Kier alpha value is -3.69. The van der Waals surface area contributed by atoms with E-state index >= 15 is 0 Å². The van der Waals surface area contributed by atoms with Gasteiger partial charge >= 0.3 is 6.18 Å². The lowest BCUT2D eigenvalue weighted by atomic mass is 10.0. The fraction of sp³-hybridized carbons (Fsp3) is 0.238. The fourth-order valence-corrected chi connectivity index (χ4v) is 3.24. The van der Waals surface area contributed by atoms with Crippen LogP contribution < -0.4 is 5.32 Å². The van der Waals surface area contributed by atoms with Crippen molar-refractivity contribution in [1.82, 2.24) is 24.4 Å². The quantitative estimate of drug-likeness (QED) is 0.527. The molecule has 7 nitrogen and oxygen atoms in total. The van der Waals surface area contributed by atoms with Gasteiger partial charge in [-0.1, -0.05) is 12.1 Å². The third-order valence-electron chi connectivity index (χ3n) is 5.01. The summed E-state index contributed by atoms with van der Waals surface area (Å²) >= 11 is 0. The number of amides is 1. The van der Waals surface area contributed by atoms with Crippen molar-refractivity contribution < 1.29 is 18.0 Å². The second-order valence-electron chi connectivity index (χ2n) is 7.38. The number of anilines is 1. The van der Waals surface area contributed by atoms with Gasteiger partial charge in [0.2, 0.25) is 0 Å². The molecule has 10 heteroatoms. The summed E-state index contributed by atoms with van der Waals surface area (Å²) in [7, 11) is 1.70. The van der Waals surface area contributed by atoms with Crippen molar-refractivity contribution in [1.29, 1.82) is 0 Å². The maximum absolute atomic E-state index is 13.8. The summed E-state index contributed by atoms with van der Waals surface area (Å²) in [6.07, 6.45) is -3.09. The molecule has 1 N–H and O–H groups in total. The van der Waals surface area contributed by atoms with Crippen LogP contribution in [0, 0.1) is 20.8 Å². The van der Waals surface area contributed by atoms with Gasteiger partial charge in [0.05, 0.1) is 17.1 Å². The fourth-order valence-electron chi connectivity index (χ4n) is 3.24. The topological polar surface area (TPSA) is 77.1 Å². The maximum Gasteiger partial charge on any atom is 0.433 e. The predicted octanol–water partition coefficient (Wildman–Crippen LogP) is 4.33. The Morgan fingerprint density at radius 1 is 1.03 bits per heavy atom. The molecule has 0 aliphatic rings. The Balaban J connectivity index is 1.81. The number of alkyl halides is 3. The van der Waals surface area contributed by atoms with Gasteiger partial charge in [-0.2, -0.15) is 23.4 Å². The molecule has 1 amide bonds. The lowest BCUT2D eigenvalue weighted by molar-refractivity contribution is -0.142. The van der Waals surface area contributed by atoms with Crippen molar-refractivity contribution in [2.75, 3.05) is 5.32 Å². The minimum absolute atomic E-state index is 0.0730. The number of hydrogen-bond acceptors (Lipinski definition) is 4. The van der Waals surface area contributed by atoms with Gasteiger partial charge in [0, 0.05) is 24.9 Å². The average Bonchev–Trinajstić information content (AvgIpc) is 3.25. The second-order valence-corrected chi connectivity index (χ2v) is 7.38. The molecule has 0 saturated heterocycles. The number of nitrogens with one attached hydrogen (secondary N) is 1. The van der Waals surface area contributed by atoms with Crippen LogP contribution in [0.2, 0.25) is 0 Å². The summed E-state index contributed by atoms with van der Waals surface area (Å²) in [5.41, 5.74) is 2.42. The van der Waals surface area contributed by atoms with E-state index in [2.05, 4.69) is 20.5 Å². The summed E-state index contributed by atoms with van der Waals surface area (Å²) in [4.78, 5) is 16.9. The third-order valence-corrected chi connectivity index (χ3v) is 5.01. The van der Waals surface area contributed by atoms with Crippen LogP contribution in [0.5, 0.6) is 0 Å². The van der Waals surface area contributed by atoms with E-state index in [1.165, 1.54) is 10.7 Å². The Kier molecular flexibility index (Phi) is 4.79. The zero-order valence-electron chi connectivity index (χ0n) is 17.2. The van der Waals surface area contributed by atoms with Crippen LogP contribution in [0.15, 0.2) is 36.5 Å². The number of rotatable bonds is 3. The summed E-state index contributed by atoms with van der Waals surface area (Å²) < 4.78 is 43.5. The number of aromatic nitrogens is 5. The highest BCUT2D eigenvalue weighted by molar-refractivity contribution is 6.03. The number of fused-ring (bicyclic) bond motifs is 1. The molecular formula is C21H19F3N6O. The molecule has 0 bridgehead atoms. The molecule has 0 unspecified atom stereocenters. The number of benzene rings is 1. The Bertz CT molecular complexity index is 1320. The molecule has 4 aromatic rings. The molecule has 0 aliphatic carbocycles. The Morgan fingerprint density at radius 3 is 2.39 bits per heavy atom. The summed E-state index contributed by atoms with van der Waals surface area (Å²) in [5.74, 6) is -0.651. The number of halogens is 3. The molecule has 31 heavy (non-hydrogen) atoms. The third kappa shape index (κ3) is 3.88. The van der Waals surface area contributed by atoms with Gasteiger partial charge in [-0.05, 0) is 44.0 Å². The monoisotopic (exact) mass is 428 g/mol. The molecule has 0 radical (unpaired) electrons. The lowest BCUT2D eigenvalue weighted by Gasteiger charge is -2.11. The van der Waals surface area contributed by atoms with E-state index in [9.17, 15) is 18.0 Å². The Morgan fingerprint density at radius 2 is 1.77 bits per heavy atom. The van der Waals surface area contributed by atoms with E-state index in [4.69, 9.17) is 0 Å². The SMILES string of the molecule is Cc1ccc(-c2cc(C(F)(F)F)n3nc(C(=O)Nc4cn(C)nc4C)cc3n2)cc1C. The Labute approximate surface area is 175 Å². The van der Waals surface area contributed by atoms with Gasteiger partial charge in [0.1, 0.15) is 0 Å². The first kappa shape index (κ1) is 20.6. The van der Waals surface area contributed by atoms with Crippen molar-refractivity contribution in [3.05, 3.63) is 64.7 Å². The number of aryl methyl sites for hydroxylation is 4. The first-order valence-electron chi connectivity index (χ1n) is 9.40. The predicted molar refractivity (Wildman–Crippen MR) is 109 cm³/mol. The number of hydrogen-bond donors (Lipinski definition) is 1. The maximum atomic E-state index is 13.8. The molecule has 0 aliphatic heterocycles. The van der Waals surface area contributed by atoms with Gasteiger partial charge in [-0.3, -0.25) is 9.48 Å². The van der Waals surface area contributed by atoms with Crippen molar-refractivity contribution in [3.63, 3.8) is 0 Å². The van der Waals surface area contributed by atoms with Gasteiger partial charge in [0.15, 0.2) is 17.0 Å². The van der Waals surface area contributed by atoms with Crippen LogP contribution in [-0.4, -0.2) is 30.3 Å². The second kappa shape index (κ2) is 7.22. The van der Waals surface area contributed by atoms with Crippen LogP contribution in [0.3, 0.4) is 0 Å². The number of nitrogens with zero attached hydrogens (tertiary/aromatic N) is 5.